The Morgan fingerprint density at radius 3 is 2.71 bits per heavy atom. The largest absolute Gasteiger partial charge is 0.436 e. The SMILES string of the molecule is Cc1ccc(Oc2cnc(CCl)cn2)c(Br)c1. The highest BCUT2D eigenvalue weighted by Gasteiger charge is 2.04. The van der Waals surface area contributed by atoms with Gasteiger partial charge in [-0.3, -0.25) is 4.98 Å². The Morgan fingerprint density at radius 2 is 2.12 bits per heavy atom. The molecule has 0 unspecified atom stereocenters. The Labute approximate surface area is 113 Å². The molecule has 0 saturated heterocycles. The van der Waals surface area contributed by atoms with Gasteiger partial charge in [-0.2, -0.15) is 0 Å². The normalized spacial score (nSPS) is 10.3. The van der Waals surface area contributed by atoms with Crippen molar-refractivity contribution in [3.63, 3.8) is 0 Å². The summed E-state index contributed by atoms with van der Waals surface area (Å²) in [5.41, 5.74) is 1.88. The van der Waals surface area contributed by atoms with E-state index in [9.17, 15) is 0 Å². The molecule has 1 heterocycles. The first-order chi connectivity index (χ1) is 8.19. The Morgan fingerprint density at radius 1 is 1.29 bits per heavy atom. The standard InChI is InChI=1S/C12H10BrClN2O/c1-8-2-3-11(10(13)4-8)17-12-7-15-9(5-14)6-16-12/h2-4,6-7H,5H2,1H3. The van der Waals surface area contributed by atoms with Crippen molar-refractivity contribution in [2.45, 2.75) is 12.8 Å². The van der Waals surface area contributed by atoms with Crippen LogP contribution in [-0.2, 0) is 5.88 Å². The number of ether oxygens (including phenoxy) is 1. The van der Waals surface area contributed by atoms with Crippen LogP contribution >= 0.6 is 27.5 Å². The van der Waals surface area contributed by atoms with E-state index in [1.54, 1.807) is 12.4 Å². The summed E-state index contributed by atoms with van der Waals surface area (Å²) < 4.78 is 6.49. The first kappa shape index (κ1) is 12.3. The van der Waals surface area contributed by atoms with Gasteiger partial charge in [0.1, 0.15) is 5.75 Å². The van der Waals surface area contributed by atoms with Crippen molar-refractivity contribution in [3.8, 4) is 11.6 Å². The van der Waals surface area contributed by atoms with E-state index in [1.165, 1.54) is 0 Å². The van der Waals surface area contributed by atoms with Crippen LogP contribution in [0.3, 0.4) is 0 Å². The van der Waals surface area contributed by atoms with Crippen molar-refractivity contribution in [3.05, 3.63) is 46.3 Å². The molecular weight excluding hydrogens is 304 g/mol. The number of benzene rings is 1. The summed E-state index contributed by atoms with van der Waals surface area (Å²) in [7, 11) is 0. The molecule has 0 aliphatic rings. The summed E-state index contributed by atoms with van der Waals surface area (Å²) in [6.07, 6.45) is 3.16. The molecule has 3 nitrogen and oxygen atoms in total. The van der Waals surface area contributed by atoms with E-state index in [0.29, 0.717) is 17.5 Å². The van der Waals surface area contributed by atoms with Gasteiger partial charge in [0.2, 0.25) is 5.88 Å². The molecule has 0 atom stereocenters. The third-order valence-corrected chi connectivity index (χ3v) is 3.01. The maximum atomic E-state index is 5.63. The topological polar surface area (TPSA) is 35.0 Å². The van der Waals surface area contributed by atoms with Gasteiger partial charge in [-0.05, 0) is 40.5 Å². The average Bonchev–Trinajstić information content (AvgIpc) is 2.34. The van der Waals surface area contributed by atoms with Crippen LogP contribution in [0, 0.1) is 6.92 Å². The molecule has 0 spiro atoms. The van der Waals surface area contributed by atoms with Gasteiger partial charge in [0.15, 0.2) is 0 Å². The molecule has 0 aliphatic heterocycles. The van der Waals surface area contributed by atoms with Gasteiger partial charge < -0.3 is 4.74 Å². The van der Waals surface area contributed by atoms with Crippen LogP contribution in [0.1, 0.15) is 11.3 Å². The molecular formula is C12H10BrClN2O. The van der Waals surface area contributed by atoms with E-state index in [1.807, 2.05) is 25.1 Å². The molecule has 17 heavy (non-hydrogen) atoms. The van der Waals surface area contributed by atoms with Gasteiger partial charge in [-0.1, -0.05) is 6.07 Å². The van der Waals surface area contributed by atoms with E-state index >= 15 is 0 Å². The first-order valence-corrected chi connectivity index (χ1v) is 6.32. The summed E-state index contributed by atoms with van der Waals surface area (Å²) in [5, 5.41) is 0. The predicted molar refractivity (Wildman–Crippen MR) is 70.5 cm³/mol. The average molecular weight is 314 g/mol. The molecule has 0 fully saturated rings. The summed E-state index contributed by atoms with van der Waals surface area (Å²) in [5.74, 6) is 1.51. The number of nitrogens with zero attached hydrogens (tertiary/aromatic N) is 2. The lowest BCUT2D eigenvalue weighted by Crippen LogP contribution is -1.92. The summed E-state index contributed by atoms with van der Waals surface area (Å²) in [6.45, 7) is 2.02. The van der Waals surface area contributed by atoms with Gasteiger partial charge in [0, 0.05) is 0 Å². The zero-order chi connectivity index (χ0) is 12.3. The third kappa shape index (κ3) is 3.17. The monoisotopic (exact) mass is 312 g/mol. The van der Waals surface area contributed by atoms with Crippen LogP contribution in [0.25, 0.3) is 0 Å². The Kier molecular flexibility index (Phi) is 3.97. The van der Waals surface area contributed by atoms with Crippen molar-refractivity contribution in [1.82, 2.24) is 9.97 Å². The fourth-order valence-corrected chi connectivity index (χ4v) is 1.98. The predicted octanol–water partition coefficient (Wildman–Crippen LogP) is 4.08. The van der Waals surface area contributed by atoms with Crippen molar-refractivity contribution in [2.75, 3.05) is 0 Å². The van der Waals surface area contributed by atoms with Gasteiger partial charge in [-0.15, -0.1) is 11.6 Å². The maximum Gasteiger partial charge on any atom is 0.237 e. The van der Waals surface area contributed by atoms with Gasteiger partial charge in [-0.25, -0.2) is 4.98 Å². The van der Waals surface area contributed by atoms with Crippen molar-refractivity contribution >= 4 is 27.5 Å². The molecule has 2 rings (SSSR count). The van der Waals surface area contributed by atoms with Crippen molar-refractivity contribution in [1.29, 1.82) is 0 Å². The first-order valence-electron chi connectivity index (χ1n) is 5.00. The molecule has 88 valence electrons. The second-order valence-electron chi connectivity index (χ2n) is 3.52. The van der Waals surface area contributed by atoms with Gasteiger partial charge in [0.05, 0.1) is 28.4 Å². The summed E-state index contributed by atoms with van der Waals surface area (Å²) in [6, 6.07) is 5.84. The number of hydrogen-bond acceptors (Lipinski definition) is 3. The maximum absolute atomic E-state index is 5.63. The molecule has 0 amide bonds. The zero-order valence-corrected chi connectivity index (χ0v) is 11.5. The van der Waals surface area contributed by atoms with Crippen LogP contribution in [0.2, 0.25) is 0 Å². The molecule has 0 saturated carbocycles. The number of aromatic nitrogens is 2. The lowest BCUT2D eigenvalue weighted by Gasteiger charge is -2.07. The van der Waals surface area contributed by atoms with Crippen LogP contribution in [0.5, 0.6) is 11.6 Å². The van der Waals surface area contributed by atoms with E-state index in [-0.39, 0.29) is 0 Å². The molecule has 0 N–H and O–H groups in total. The molecule has 1 aromatic heterocycles. The quantitative estimate of drug-likeness (QED) is 0.801. The number of hydrogen-bond donors (Lipinski definition) is 0. The van der Waals surface area contributed by atoms with Crippen LogP contribution in [0.15, 0.2) is 35.1 Å². The number of halogens is 2. The molecule has 1 aromatic carbocycles. The third-order valence-electron chi connectivity index (χ3n) is 2.12. The lowest BCUT2D eigenvalue weighted by atomic mass is 10.2. The van der Waals surface area contributed by atoms with E-state index in [0.717, 1.165) is 15.7 Å². The number of alkyl halides is 1. The fourth-order valence-electron chi connectivity index (χ4n) is 1.27. The molecule has 0 radical (unpaired) electrons. The van der Waals surface area contributed by atoms with E-state index < -0.39 is 0 Å². The molecule has 5 heteroatoms. The van der Waals surface area contributed by atoms with Crippen molar-refractivity contribution in [2.24, 2.45) is 0 Å². The van der Waals surface area contributed by atoms with Gasteiger partial charge >= 0.3 is 0 Å². The highest BCUT2D eigenvalue weighted by atomic mass is 79.9. The Hall–Kier alpha value is -1.13. The highest BCUT2D eigenvalue weighted by molar-refractivity contribution is 9.10. The second kappa shape index (κ2) is 5.47. The minimum atomic E-state index is 0.349. The minimum absolute atomic E-state index is 0.349. The van der Waals surface area contributed by atoms with Crippen LogP contribution < -0.4 is 4.74 Å². The molecule has 0 bridgehead atoms. The smallest absolute Gasteiger partial charge is 0.237 e. The summed E-state index contributed by atoms with van der Waals surface area (Å²) >= 11 is 9.07. The van der Waals surface area contributed by atoms with Crippen LogP contribution in [0.4, 0.5) is 0 Å². The minimum Gasteiger partial charge on any atom is -0.436 e. The number of aryl methyl sites for hydroxylation is 1. The Bertz CT molecular complexity index is 516. The van der Waals surface area contributed by atoms with Gasteiger partial charge in [0.25, 0.3) is 0 Å². The lowest BCUT2D eigenvalue weighted by molar-refractivity contribution is 0.456. The summed E-state index contributed by atoms with van der Waals surface area (Å²) in [4.78, 5) is 8.22. The van der Waals surface area contributed by atoms with Crippen molar-refractivity contribution < 1.29 is 4.74 Å². The Balaban J connectivity index is 2.19. The highest BCUT2D eigenvalue weighted by Crippen LogP contribution is 2.29. The van der Waals surface area contributed by atoms with E-state index in [2.05, 4.69) is 25.9 Å². The van der Waals surface area contributed by atoms with Crippen LogP contribution in [-0.4, -0.2) is 9.97 Å². The molecule has 2 aromatic rings. The second-order valence-corrected chi connectivity index (χ2v) is 4.64. The number of rotatable bonds is 3. The zero-order valence-electron chi connectivity index (χ0n) is 9.15. The fraction of sp³-hybridized carbons (Fsp3) is 0.167. The van der Waals surface area contributed by atoms with E-state index in [4.69, 9.17) is 16.3 Å². The molecule has 0 aliphatic carbocycles.